The van der Waals surface area contributed by atoms with Gasteiger partial charge >= 0.3 is 0 Å². The highest BCUT2D eigenvalue weighted by Crippen LogP contribution is 2.30. The van der Waals surface area contributed by atoms with Gasteiger partial charge in [-0.3, -0.25) is 9.59 Å². The van der Waals surface area contributed by atoms with E-state index in [0.717, 1.165) is 17.9 Å². The number of piperazine rings is 1. The van der Waals surface area contributed by atoms with Crippen LogP contribution in [0.3, 0.4) is 0 Å². The number of hydrogen-bond acceptors (Lipinski definition) is 3. The van der Waals surface area contributed by atoms with E-state index in [9.17, 15) is 9.59 Å². The van der Waals surface area contributed by atoms with Crippen LogP contribution in [0.25, 0.3) is 0 Å². The molecule has 0 aromatic heterocycles. The molecular weight excluding hydrogens is 248 g/mol. The topological polar surface area (TPSA) is 49.4 Å². The predicted octanol–water partition coefficient (Wildman–Crippen LogP) is 1.25. The molecule has 2 aliphatic rings. The molecule has 102 valence electrons. The van der Waals surface area contributed by atoms with Crippen molar-refractivity contribution in [1.29, 1.82) is 0 Å². The molecule has 0 aliphatic carbocycles. The third kappa shape index (κ3) is 2.37. The second-order valence-corrected chi connectivity index (χ2v) is 7.40. The highest BCUT2D eigenvalue weighted by Gasteiger charge is 2.46. The summed E-state index contributed by atoms with van der Waals surface area (Å²) in [6.45, 7) is 7.81. The summed E-state index contributed by atoms with van der Waals surface area (Å²) < 4.78 is 0. The number of nitrogens with zero attached hydrogens (tertiary/aromatic N) is 1. The van der Waals surface area contributed by atoms with Crippen molar-refractivity contribution < 1.29 is 9.59 Å². The van der Waals surface area contributed by atoms with Crippen molar-refractivity contribution in [1.82, 2.24) is 10.2 Å². The maximum absolute atomic E-state index is 12.6. The highest BCUT2D eigenvalue weighted by molar-refractivity contribution is 7.99. The van der Waals surface area contributed by atoms with E-state index in [4.69, 9.17) is 0 Å². The van der Waals surface area contributed by atoms with Gasteiger partial charge in [-0.15, -0.1) is 0 Å². The Balaban J connectivity index is 2.25. The van der Waals surface area contributed by atoms with Gasteiger partial charge in [0.15, 0.2) is 0 Å². The van der Waals surface area contributed by atoms with Gasteiger partial charge < -0.3 is 10.2 Å². The van der Waals surface area contributed by atoms with Gasteiger partial charge in [0.25, 0.3) is 0 Å². The molecule has 2 amide bonds. The van der Waals surface area contributed by atoms with Crippen LogP contribution in [-0.4, -0.2) is 46.3 Å². The van der Waals surface area contributed by atoms with E-state index in [2.05, 4.69) is 5.32 Å². The number of thioether (sulfide) groups is 1. The Labute approximate surface area is 113 Å². The van der Waals surface area contributed by atoms with E-state index >= 15 is 0 Å². The SMILES string of the molecule is CC1C(=O)NC(C(C)(C)C)C(=O)N1C1CCSC1. The van der Waals surface area contributed by atoms with Gasteiger partial charge in [0.05, 0.1) is 0 Å². The van der Waals surface area contributed by atoms with E-state index in [1.165, 1.54) is 0 Å². The van der Waals surface area contributed by atoms with Gasteiger partial charge in [-0.2, -0.15) is 11.8 Å². The van der Waals surface area contributed by atoms with Crippen LogP contribution in [0.1, 0.15) is 34.1 Å². The molecule has 0 bridgehead atoms. The lowest BCUT2D eigenvalue weighted by molar-refractivity contribution is -0.154. The molecule has 18 heavy (non-hydrogen) atoms. The summed E-state index contributed by atoms with van der Waals surface area (Å²) >= 11 is 1.86. The molecule has 2 fully saturated rings. The fourth-order valence-corrected chi connectivity index (χ4v) is 3.82. The molecule has 2 rings (SSSR count). The van der Waals surface area contributed by atoms with Crippen LogP contribution in [0, 0.1) is 5.41 Å². The first-order valence-corrected chi connectivity index (χ1v) is 7.68. The fraction of sp³-hybridized carbons (Fsp3) is 0.846. The first-order valence-electron chi connectivity index (χ1n) is 6.52. The third-order valence-electron chi connectivity index (χ3n) is 3.75. The maximum atomic E-state index is 12.6. The molecule has 0 aromatic rings. The average molecular weight is 270 g/mol. The minimum atomic E-state index is -0.396. The Morgan fingerprint density at radius 1 is 1.33 bits per heavy atom. The van der Waals surface area contributed by atoms with Crippen LogP contribution in [0.5, 0.6) is 0 Å². The fourth-order valence-electron chi connectivity index (χ4n) is 2.62. The molecule has 3 unspecified atom stereocenters. The van der Waals surface area contributed by atoms with E-state index in [1.807, 2.05) is 44.4 Å². The Morgan fingerprint density at radius 2 is 2.00 bits per heavy atom. The minimum absolute atomic E-state index is 0.0218. The van der Waals surface area contributed by atoms with Crippen LogP contribution < -0.4 is 5.32 Å². The molecule has 4 nitrogen and oxygen atoms in total. The van der Waals surface area contributed by atoms with Crippen LogP contribution in [0.4, 0.5) is 0 Å². The molecule has 1 N–H and O–H groups in total. The summed E-state index contributed by atoms with van der Waals surface area (Å²) in [6.07, 6.45) is 1.00. The molecule has 2 saturated heterocycles. The number of amides is 2. The summed E-state index contributed by atoms with van der Waals surface area (Å²) in [5, 5.41) is 2.87. The van der Waals surface area contributed by atoms with E-state index in [1.54, 1.807) is 0 Å². The number of carbonyl (C=O) groups excluding carboxylic acids is 2. The normalized spacial score (nSPS) is 33.8. The Hall–Kier alpha value is -0.710. The molecule has 0 radical (unpaired) electrons. The first-order chi connectivity index (χ1) is 8.32. The van der Waals surface area contributed by atoms with Crippen LogP contribution in [0.2, 0.25) is 0 Å². The Morgan fingerprint density at radius 3 is 2.50 bits per heavy atom. The highest BCUT2D eigenvalue weighted by atomic mass is 32.2. The summed E-state index contributed by atoms with van der Waals surface area (Å²) in [5.41, 5.74) is -0.239. The van der Waals surface area contributed by atoms with Gasteiger partial charge in [0.1, 0.15) is 12.1 Å². The van der Waals surface area contributed by atoms with Crippen molar-refractivity contribution in [2.45, 2.75) is 52.2 Å². The average Bonchev–Trinajstić information content (AvgIpc) is 2.75. The van der Waals surface area contributed by atoms with Crippen LogP contribution in [0.15, 0.2) is 0 Å². The largest absolute Gasteiger partial charge is 0.342 e. The Kier molecular flexibility index (Phi) is 3.63. The molecule has 0 aromatic carbocycles. The molecular formula is C13H22N2O2S. The number of nitrogens with one attached hydrogen (secondary N) is 1. The van der Waals surface area contributed by atoms with Crippen molar-refractivity contribution >= 4 is 23.6 Å². The van der Waals surface area contributed by atoms with E-state index < -0.39 is 6.04 Å². The number of carbonyl (C=O) groups is 2. The second kappa shape index (κ2) is 4.76. The van der Waals surface area contributed by atoms with E-state index in [0.29, 0.717) is 0 Å². The summed E-state index contributed by atoms with van der Waals surface area (Å²) in [5.74, 6) is 2.11. The summed E-state index contributed by atoms with van der Waals surface area (Å²) in [7, 11) is 0. The quantitative estimate of drug-likeness (QED) is 0.780. The van der Waals surface area contributed by atoms with Gasteiger partial charge in [0.2, 0.25) is 11.8 Å². The number of hydrogen-bond donors (Lipinski definition) is 1. The van der Waals surface area contributed by atoms with Crippen molar-refractivity contribution in [2.75, 3.05) is 11.5 Å². The summed E-state index contributed by atoms with van der Waals surface area (Å²) in [4.78, 5) is 26.5. The Bertz CT molecular complexity index is 358. The van der Waals surface area contributed by atoms with Gasteiger partial charge in [-0.05, 0) is 24.5 Å². The van der Waals surface area contributed by atoms with Gasteiger partial charge in [0, 0.05) is 11.8 Å². The smallest absolute Gasteiger partial charge is 0.246 e. The molecule has 2 heterocycles. The van der Waals surface area contributed by atoms with Gasteiger partial charge in [-0.1, -0.05) is 20.8 Å². The molecule has 2 aliphatic heterocycles. The molecule has 0 spiro atoms. The molecule has 5 heteroatoms. The van der Waals surface area contributed by atoms with Crippen molar-refractivity contribution in [3.05, 3.63) is 0 Å². The second-order valence-electron chi connectivity index (χ2n) is 6.25. The van der Waals surface area contributed by atoms with Crippen molar-refractivity contribution in [3.8, 4) is 0 Å². The van der Waals surface area contributed by atoms with E-state index in [-0.39, 0.29) is 29.3 Å². The van der Waals surface area contributed by atoms with Crippen molar-refractivity contribution in [2.24, 2.45) is 5.41 Å². The van der Waals surface area contributed by atoms with Crippen LogP contribution >= 0.6 is 11.8 Å². The zero-order chi connectivity index (χ0) is 13.5. The number of rotatable bonds is 1. The first kappa shape index (κ1) is 13.7. The molecule has 0 saturated carbocycles. The zero-order valence-corrected chi connectivity index (χ0v) is 12.3. The molecule has 3 atom stereocenters. The standard InChI is InChI=1S/C13H22N2O2S/c1-8-11(16)14-10(13(2,3)4)12(17)15(8)9-5-6-18-7-9/h8-10H,5-7H2,1-4H3,(H,14,16). The lowest BCUT2D eigenvalue weighted by Gasteiger charge is -2.44. The van der Waals surface area contributed by atoms with Gasteiger partial charge in [-0.25, -0.2) is 0 Å². The zero-order valence-electron chi connectivity index (χ0n) is 11.5. The minimum Gasteiger partial charge on any atom is -0.342 e. The van der Waals surface area contributed by atoms with Crippen molar-refractivity contribution in [3.63, 3.8) is 0 Å². The monoisotopic (exact) mass is 270 g/mol. The maximum Gasteiger partial charge on any atom is 0.246 e. The summed E-state index contributed by atoms with van der Waals surface area (Å²) in [6, 6.07) is -0.500. The lowest BCUT2D eigenvalue weighted by Crippen LogP contribution is -2.67. The lowest BCUT2D eigenvalue weighted by atomic mass is 9.83. The van der Waals surface area contributed by atoms with Crippen LogP contribution in [-0.2, 0) is 9.59 Å². The predicted molar refractivity (Wildman–Crippen MR) is 73.4 cm³/mol. The third-order valence-corrected chi connectivity index (χ3v) is 4.89.